The molecule has 0 spiro atoms. The van der Waals surface area contributed by atoms with Crippen LogP contribution in [0, 0.1) is 6.92 Å². The van der Waals surface area contributed by atoms with Crippen LogP contribution in [0.2, 0.25) is 0 Å². The minimum atomic E-state index is 1.14. The summed E-state index contributed by atoms with van der Waals surface area (Å²) >= 11 is 0. The second-order valence-electron chi connectivity index (χ2n) is 12.2. The van der Waals surface area contributed by atoms with Crippen molar-refractivity contribution in [3.05, 3.63) is 186 Å². The summed E-state index contributed by atoms with van der Waals surface area (Å²) in [5.74, 6) is 0. The fourth-order valence-electron chi connectivity index (χ4n) is 7.48. The molecule has 1 heterocycles. The lowest BCUT2D eigenvalue weighted by atomic mass is 9.90. The first-order valence-corrected chi connectivity index (χ1v) is 16.0. The Kier molecular flexibility index (Phi) is 6.11. The van der Waals surface area contributed by atoms with Crippen molar-refractivity contribution in [2.24, 2.45) is 0 Å². The van der Waals surface area contributed by atoms with Crippen molar-refractivity contribution < 1.29 is 0 Å². The van der Waals surface area contributed by atoms with Crippen molar-refractivity contribution in [3.8, 4) is 44.5 Å². The Morgan fingerprint density at radius 2 is 0.804 bits per heavy atom. The Labute approximate surface area is 270 Å². The van der Waals surface area contributed by atoms with Crippen molar-refractivity contribution in [2.45, 2.75) is 6.92 Å². The molecule has 0 amide bonds. The number of fused-ring (bicyclic) bond motifs is 10. The Balaban J connectivity index is 1.21. The third-order valence-corrected chi connectivity index (χ3v) is 9.53. The Morgan fingerprint density at radius 1 is 0.370 bits per heavy atom. The molecule has 0 saturated heterocycles. The van der Waals surface area contributed by atoms with Gasteiger partial charge in [-0.05, 0) is 98.5 Å². The molecule has 216 valence electrons. The van der Waals surface area contributed by atoms with Gasteiger partial charge < -0.3 is 4.90 Å². The van der Waals surface area contributed by atoms with Gasteiger partial charge in [0.05, 0.1) is 11.4 Å². The van der Waals surface area contributed by atoms with Crippen LogP contribution in [0.3, 0.4) is 0 Å². The zero-order valence-corrected chi connectivity index (χ0v) is 25.6. The summed E-state index contributed by atoms with van der Waals surface area (Å²) in [5, 5.41) is 0. The molecule has 1 nitrogen and oxygen atoms in total. The molecule has 0 N–H and O–H groups in total. The highest BCUT2D eigenvalue weighted by Crippen LogP contribution is 2.51. The van der Waals surface area contributed by atoms with E-state index >= 15 is 0 Å². The summed E-state index contributed by atoms with van der Waals surface area (Å²) in [6, 6.07) is 59.7. The van der Waals surface area contributed by atoms with Crippen molar-refractivity contribution in [3.63, 3.8) is 0 Å². The van der Waals surface area contributed by atoms with E-state index in [4.69, 9.17) is 0 Å². The number of para-hydroxylation sites is 2. The predicted octanol–water partition coefficient (Wildman–Crippen LogP) is 12.3. The maximum Gasteiger partial charge on any atom is 0.0540 e. The van der Waals surface area contributed by atoms with Gasteiger partial charge in [0, 0.05) is 16.8 Å². The number of anilines is 3. The fourth-order valence-corrected chi connectivity index (χ4v) is 7.48. The van der Waals surface area contributed by atoms with Crippen LogP contribution in [0.25, 0.3) is 56.2 Å². The molecule has 1 aliphatic heterocycles. The van der Waals surface area contributed by atoms with Gasteiger partial charge >= 0.3 is 0 Å². The molecule has 7 aromatic rings. The topological polar surface area (TPSA) is 3.24 Å². The maximum absolute atomic E-state index is 2.41. The molecular formula is C45H31N. The molecule has 0 aromatic heterocycles. The fraction of sp³-hybridized carbons (Fsp3) is 0.0222. The Morgan fingerprint density at radius 3 is 1.39 bits per heavy atom. The van der Waals surface area contributed by atoms with Gasteiger partial charge in [-0.1, -0.05) is 140 Å². The highest BCUT2D eigenvalue weighted by molar-refractivity contribution is 6.07. The number of nitrogens with zero attached hydrogens (tertiary/aromatic N) is 1. The molecule has 0 radical (unpaired) electrons. The van der Waals surface area contributed by atoms with Crippen molar-refractivity contribution in [1.29, 1.82) is 0 Å². The first-order chi connectivity index (χ1) is 22.8. The molecule has 46 heavy (non-hydrogen) atoms. The number of hydrogen-bond acceptors (Lipinski definition) is 1. The van der Waals surface area contributed by atoms with E-state index in [-0.39, 0.29) is 0 Å². The minimum Gasteiger partial charge on any atom is -0.309 e. The number of aryl methyl sites for hydroxylation is 1. The van der Waals surface area contributed by atoms with E-state index < -0.39 is 0 Å². The molecular weight excluding hydrogens is 555 g/mol. The SMILES string of the molecule is Cc1cccc2c1-c1ccccc1C(=Cc1ccc(N3c4ccccc4-c4ccccc4-c4ccccc43)cc1)c1ccccc1-2. The van der Waals surface area contributed by atoms with Crippen molar-refractivity contribution >= 4 is 28.7 Å². The maximum atomic E-state index is 2.41. The molecule has 9 rings (SSSR count). The van der Waals surface area contributed by atoms with Gasteiger partial charge in [0.2, 0.25) is 0 Å². The first-order valence-electron chi connectivity index (χ1n) is 16.0. The lowest BCUT2D eigenvalue weighted by Gasteiger charge is -2.27. The van der Waals surface area contributed by atoms with Gasteiger partial charge in [0.25, 0.3) is 0 Å². The third kappa shape index (κ3) is 4.09. The average molecular weight is 586 g/mol. The lowest BCUT2D eigenvalue weighted by Crippen LogP contribution is -2.10. The Bertz CT molecular complexity index is 2260. The summed E-state index contributed by atoms with van der Waals surface area (Å²) in [6.07, 6.45) is 2.36. The minimum absolute atomic E-state index is 1.14. The largest absolute Gasteiger partial charge is 0.309 e. The molecule has 1 aliphatic carbocycles. The van der Waals surface area contributed by atoms with E-state index in [9.17, 15) is 0 Å². The quantitative estimate of drug-likeness (QED) is 0.195. The molecule has 0 atom stereocenters. The summed E-state index contributed by atoms with van der Waals surface area (Å²) in [5.41, 5.74) is 19.9. The van der Waals surface area contributed by atoms with Gasteiger partial charge in [-0.15, -0.1) is 0 Å². The van der Waals surface area contributed by atoms with E-state index in [1.807, 2.05) is 0 Å². The second kappa shape index (κ2) is 10.6. The summed E-state index contributed by atoms with van der Waals surface area (Å²) < 4.78 is 0. The molecule has 2 aliphatic rings. The van der Waals surface area contributed by atoms with Crippen molar-refractivity contribution in [2.75, 3.05) is 4.90 Å². The standard InChI is InChI=1S/C45H31N/c1-30-13-12-22-41-35-16-4-5-17-36(35)42(37-18-6-7-21-40(37)45(30)41)29-31-25-27-32(28-26-31)46-43-23-10-8-19-38(43)33-14-2-3-15-34(33)39-20-9-11-24-44(39)46/h2-29H,1H3. The lowest BCUT2D eigenvalue weighted by molar-refractivity contribution is 1.29. The molecule has 7 aromatic carbocycles. The van der Waals surface area contributed by atoms with Gasteiger partial charge in [-0.25, -0.2) is 0 Å². The monoisotopic (exact) mass is 585 g/mol. The number of hydrogen-bond donors (Lipinski definition) is 0. The molecule has 0 fully saturated rings. The van der Waals surface area contributed by atoms with Crippen LogP contribution in [0.1, 0.15) is 22.3 Å². The summed E-state index contributed by atoms with van der Waals surface area (Å²) in [4.78, 5) is 2.41. The van der Waals surface area contributed by atoms with E-state index in [2.05, 4.69) is 182 Å². The van der Waals surface area contributed by atoms with Crippen LogP contribution in [0.5, 0.6) is 0 Å². The van der Waals surface area contributed by atoms with Crippen molar-refractivity contribution in [1.82, 2.24) is 0 Å². The summed E-state index contributed by atoms with van der Waals surface area (Å²) in [6.45, 7) is 2.23. The zero-order valence-electron chi connectivity index (χ0n) is 25.6. The van der Waals surface area contributed by atoms with Gasteiger partial charge in [0.1, 0.15) is 0 Å². The van der Waals surface area contributed by atoms with Gasteiger partial charge in [-0.2, -0.15) is 0 Å². The molecule has 1 heteroatoms. The van der Waals surface area contributed by atoms with E-state index in [1.165, 1.54) is 83.7 Å². The van der Waals surface area contributed by atoms with Crippen LogP contribution < -0.4 is 4.90 Å². The number of benzene rings is 7. The van der Waals surface area contributed by atoms with Gasteiger partial charge in [-0.3, -0.25) is 0 Å². The van der Waals surface area contributed by atoms with Crippen LogP contribution >= 0.6 is 0 Å². The molecule has 0 saturated carbocycles. The highest BCUT2D eigenvalue weighted by Gasteiger charge is 2.26. The smallest absolute Gasteiger partial charge is 0.0540 e. The van der Waals surface area contributed by atoms with E-state index in [0.717, 1.165) is 5.69 Å². The predicted molar refractivity (Wildman–Crippen MR) is 195 cm³/mol. The summed E-state index contributed by atoms with van der Waals surface area (Å²) in [7, 11) is 0. The normalized spacial score (nSPS) is 13.3. The Hall–Kier alpha value is -5.92. The van der Waals surface area contributed by atoms with Crippen LogP contribution in [0.4, 0.5) is 17.1 Å². The zero-order chi connectivity index (χ0) is 30.6. The number of rotatable bonds is 2. The van der Waals surface area contributed by atoms with Gasteiger partial charge in [0.15, 0.2) is 0 Å². The van der Waals surface area contributed by atoms with Crippen LogP contribution in [-0.2, 0) is 0 Å². The first kappa shape index (κ1) is 26.5. The molecule has 0 unspecified atom stereocenters. The average Bonchev–Trinajstić information content (AvgIpc) is 3.32. The molecule has 0 bridgehead atoms. The highest BCUT2D eigenvalue weighted by atomic mass is 15.1. The van der Waals surface area contributed by atoms with Crippen LogP contribution in [-0.4, -0.2) is 0 Å². The van der Waals surface area contributed by atoms with E-state index in [1.54, 1.807) is 0 Å². The van der Waals surface area contributed by atoms with Crippen LogP contribution in [0.15, 0.2) is 164 Å². The second-order valence-corrected chi connectivity index (χ2v) is 12.2. The van der Waals surface area contributed by atoms with E-state index in [0.29, 0.717) is 0 Å². The third-order valence-electron chi connectivity index (χ3n) is 9.53.